The molecule has 4 saturated carbocycles. The van der Waals surface area contributed by atoms with Gasteiger partial charge in [0.1, 0.15) is 23.0 Å². The van der Waals surface area contributed by atoms with Gasteiger partial charge in [0, 0.05) is 23.1 Å². The highest BCUT2D eigenvalue weighted by Crippen LogP contribution is 2.55. The van der Waals surface area contributed by atoms with Crippen LogP contribution in [0, 0.1) is 21.7 Å². The highest BCUT2D eigenvalue weighted by atomic mass is 16.5. The Labute approximate surface area is 345 Å². The number of rotatable bonds is 28. The zero-order chi connectivity index (χ0) is 42.6. The molecule has 8 N–H and O–H groups in total. The highest BCUT2D eigenvalue weighted by molar-refractivity contribution is 5.80. The Balaban J connectivity index is 1.04. The summed E-state index contributed by atoms with van der Waals surface area (Å²) in [7, 11) is 0. The van der Waals surface area contributed by atoms with Crippen molar-refractivity contribution in [1.82, 2.24) is 0 Å². The second-order valence-corrected chi connectivity index (χ2v) is 18.3. The van der Waals surface area contributed by atoms with Crippen molar-refractivity contribution in [1.29, 1.82) is 0 Å². The van der Waals surface area contributed by atoms with Crippen LogP contribution in [0.25, 0.3) is 0 Å². The molecule has 4 aliphatic carbocycles. The lowest BCUT2D eigenvalue weighted by molar-refractivity contribution is -0.145. The van der Waals surface area contributed by atoms with Crippen molar-refractivity contribution in [3.8, 4) is 28.7 Å². The van der Waals surface area contributed by atoms with Crippen LogP contribution in [0.4, 0.5) is 0 Å². The summed E-state index contributed by atoms with van der Waals surface area (Å²) in [5.41, 5.74) is -0.157. The first-order valence-corrected chi connectivity index (χ1v) is 21.8. The minimum atomic E-state index is -1.09. The second-order valence-electron chi connectivity index (χ2n) is 18.3. The summed E-state index contributed by atoms with van der Waals surface area (Å²) in [4.78, 5) is 47.6. The summed E-state index contributed by atoms with van der Waals surface area (Å²) in [6.07, 6.45) is 14.9. The molecular formula is C46H62O13. The number of unbranched alkanes of at least 4 members (excludes halogenated alkanes) is 6. The van der Waals surface area contributed by atoms with Crippen LogP contribution in [0.15, 0.2) is 18.2 Å². The summed E-state index contributed by atoms with van der Waals surface area (Å²) in [6, 6.07) is 4.72. The number of aliphatic carboxylic acids is 4. The second kappa shape index (κ2) is 17.9. The Morgan fingerprint density at radius 1 is 0.508 bits per heavy atom. The largest absolute Gasteiger partial charge is 0.508 e. The van der Waals surface area contributed by atoms with Gasteiger partial charge in [-0.25, -0.2) is 0 Å². The number of hydrogen-bond acceptors (Lipinski definition) is 9. The predicted molar refractivity (Wildman–Crippen MR) is 216 cm³/mol. The van der Waals surface area contributed by atoms with E-state index in [0.717, 1.165) is 30.4 Å². The Bertz CT molecular complexity index is 1890. The number of phenolic OH excluding ortho intramolecular Hbond substituents is 4. The van der Waals surface area contributed by atoms with Gasteiger partial charge in [0.15, 0.2) is 11.5 Å². The molecule has 0 heterocycles. The SMILES string of the molecule is O=C(O)C1(CCCCCc2c(O)ccc(OC3CC3(CCCCCc3c(CCCCC4(C(=O)O)CC4)cc(O)c(O)c3O)C(=O)O)c2CCCCC2(C(=O)O)CC2)CC1. The van der Waals surface area contributed by atoms with Crippen molar-refractivity contribution in [2.24, 2.45) is 21.7 Å². The minimum Gasteiger partial charge on any atom is -0.508 e. The fourth-order valence-corrected chi connectivity index (χ4v) is 9.31. The number of ether oxygens (including phenoxy) is 1. The van der Waals surface area contributed by atoms with Gasteiger partial charge in [-0.05, 0) is 139 Å². The maximum atomic E-state index is 12.7. The van der Waals surface area contributed by atoms with Crippen LogP contribution in [0.5, 0.6) is 28.7 Å². The van der Waals surface area contributed by atoms with E-state index in [1.807, 2.05) is 0 Å². The smallest absolute Gasteiger partial charge is 0.313 e. The van der Waals surface area contributed by atoms with E-state index in [2.05, 4.69) is 0 Å². The Kier molecular flexibility index (Phi) is 13.3. The average Bonchev–Trinajstić information content (AvgIpc) is 3.99. The van der Waals surface area contributed by atoms with Crippen molar-refractivity contribution < 1.29 is 64.8 Å². The zero-order valence-corrected chi connectivity index (χ0v) is 34.1. The molecule has 2 aromatic rings. The molecule has 13 nitrogen and oxygen atoms in total. The fourth-order valence-electron chi connectivity index (χ4n) is 9.31. The summed E-state index contributed by atoms with van der Waals surface area (Å²) in [5.74, 6) is -3.91. The fraction of sp³-hybridized carbons (Fsp3) is 0.652. The van der Waals surface area contributed by atoms with Gasteiger partial charge >= 0.3 is 23.9 Å². The number of phenols is 4. The molecule has 0 saturated heterocycles. The van der Waals surface area contributed by atoms with Crippen LogP contribution in [0.2, 0.25) is 0 Å². The lowest BCUT2D eigenvalue weighted by Crippen LogP contribution is -2.22. The number of carboxylic acids is 4. The lowest BCUT2D eigenvalue weighted by Gasteiger charge is -2.20. The molecule has 4 aliphatic rings. The molecule has 6 rings (SSSR count). The van der Waals surface area contributed by atoms with E-state index in [4.69, 9.17) is 4.74 Å². The third kappa shape index (κ3) is 10.0. The first kappa shape index (κ1) is 43.9. The first-order chi connectivity index (χ1) is 28.1. The van der Waals surface area contributed by atoms with Gasteiger partial charge in [0.05, 0.1) is 16.2 Å². The maximum absolute atomic E-state index is 12.7. The van der Waals surface area contributed by atoms with Gasteiger partial charge in [-0.1, -0.05) is 38.5 Å². The molecular weight excluding hydrogens is 760 g/mol. The van der Waals surface area contributed by atoms with Crippen LogP contribution in [0.3, 0.4) is 0 Å². The monoisotopic (exact) mass is 822 g/mol. The number of hydrogen-bond donors (Lipinski definition) is 8. The minimum absolute atomic E-state index is 0.127. The number of carbonyl (C=O) groups is 4. The molecule has 2 atom stereocenters. The Hall–Kier alpha value is -4.68. The third-order valence-electron chi connectivity index (χ3n) is 14.3. The van der Waals surface area contributed by atoms with E-state index in [0.29, 0.717) is 158 Å². The molecule has 0 aromatic heterocycles. The molecule has 59 heavy (non-hydrogen) atoms. The number of aryl methyl sites for hydroxylation is 1. The normalized spacial score (nSPS) is 21.4. The van der Waals surface area contributed by atoms with Crippen molar-refractivity contribution in [2.45, 2.75) is 167 Å². The van der Waals surface area contributed by atoms with Gasteiger partial charge in [-0.2, -0.15) is 0 Å². The highest BCUT2D eigenvalue weighted by Gasteiger charge is 2.62. The summed E-state index contributed by atoms with van der Waals surface area (Å²) < 4.78 is 6.48. The van der Waals surface area contributed by atoms with Crippen molar-refractivity contribution in [2.75, 3.05) is 0 Å². The first-order valence-electron chi connectivity index (χ1n) is 21.8. The molecule has 2 aromatic carbocycles. The topological polar surface area (TPSA) is 239 Å². The van der Waals surface area contributed by atoms with E-state index in [1.54, 1.807) is 12.1 Å². The van der Waals surface area contributed by atoms with Crippen LogP contribution >= 0.6 is 0 Å². The van der Waals surface area contributed by atoms with E-state index >= 15 is 0 Å². The van der Waals surface area contributed by atoms with Gasteiger partial charge in [0.25, 0.3) is 0 Å². The van der Waals surface area contributed by atoms with E-state index in [1.165, 1.54) is 6.07 Å². The van der Waals surface area contributed by atoms with Crippen molar-refractivity contribution in [3.05, 3.63) is 40.5 Å². The standard InChI is InChI=1S/C46H62O13/c47-33-15-16-35(32(14-6-10-19-45(25-26-45)41(55)56)31(33)13-4-1-7-17-43(21-22-43)39(51)52)59-36-28-46(36,42(57)58)20-8-2-3-12-30-29(27-34(48)38(50)37(30)49)11-5-9-18-44(23-24-44)40(53)54/h15-16,27,36,47-50H,1-14,17-26,28H2,(H,51,52)(H,53,54)(H,55,56)(H,57,58). The zero-order valence-electron chi connectivity index (χ0n) is 34.1. The summed E-state index contributed by atoms with van der Waals surface area (Å²) in [5, 5.41) is 81.3. The summed E-state index contributed by atoms with van der Waals surface area (Å²) >= 11 is 0. The molecule has 13 heteroatoms. The molecule has 0 radical (unpaired) electrons. The molecule has 0 bridgehead atoms. The van der Waals surface area contributed by atoms with Gasteiger partial charge < -0.3 is 45.6 Å². The lowest BCUT2D eigenvalue weighted by atomic mass is 9.92. The van der Waals surface area contributed by atoms with Gasteiger partial charge in [-0.3, -0.25) is 19.2 Å². The Morgan fingerprint density at radius 3 is 1.47 bits per heavy atom. The molecule has 2 unspecified atom stereocenters. The van der Waals surface area contributed by atoms with Crippen molar-refractivity contribution >= 4 is 23.9 Å². The van der Waals surface area contributed by atoms with E-state index < -0.39 is 63.1 Å². The molecule has 0 spiro atoms. The third-order valence-corrected chi connectivity index (χ3v) is 14.3. The van der Waals surface area contributed by atoms with E-state index in [9.17, 15) is 60.0 Å². The Morgan fingerprint density at radius 2 is 0.966 bits per heavy atom. The van der Waals surface area contributed by atoms with Crippen LogP contribution in [0.1, 0.15) is 157 Å². The molecule has 324 valence electrons. The quantitative estimate of drug-likeness (QED) is 0.0296. The van der Waals surface area contributed by atoms with Gasteiger partial charge in [0.2, 0.25) is 5.75 Å². The number of benzene rings is 2. The number of carboxylic acid groups (broad SMARTS) is 4. The molecule has 4 fully saturated rings. The van der Waals surface area contributed by atoms with Gasteiger partial charge in [-0.15, -0.1) is 0 Å². The average molecular weight is 823 g/mol. The maximum Gasteiger partial charge on any atom is 0.313 e. The van der Waals surface area contributed by atoms with Crippen LogP contribution in [-0.2, 0) is 44.9 Å². The van der Waals surface area contributed by atoms with Crippen molar-refractivity contribution in [3.63, 3.8) is 0 Å². The van der Waals surface area contributed by atoms with Crippen LogP contribution in [-0.4, -0.2) is 70.8 Å². The molecule has 0 aliphatic heterocycles. The predicted octanol–water partition coefficient (Wildman–Crippen LogP) is 8.66. The molecule has 0 amide bonds. The van der Waals surface area contributed by atoms with Crippen LogP contribution < -0.4 is 4.74 Å². The van der Waals surface area contributed by atoms with E-state index in [-0.39, 0.29) is 11.5 Å². The summed E-state index contributed by atoms with van der Waals surface area (Å²) in [6.45, 7) is 0. The number of aromatic hydroxyl groups is 4.